The van der Waals surface area contributed by atoms with Gasteiger partial charge in [-0.25, -0.2) is 4.79 Å². The minimum atomic E-state index is -1.32. The summed E-state index contributed by atoms with van der Waals surface area (Å²) in [6.07, 6.45) is -1.32. The third kappa shape index (κ3) is 3.45. The van der Waals surface area contributed by atoms with Crippen LogP contribution < -0.4 is 4.74 Å². The number of hydrogen-bond acceptors (Lipinski definition) is 5. The summed E-state index contributed by atoms with van der Waals surface area (Å²) in [6.45, 7) is 3.61. The van der Waals surface area contributed by atoms with Crippen molar-refractivity contribution in [2.75, 3.05) is 0 Å². The van der Waals surface area contributed by atoms with Gasteiger partial charge in [0, 0.05) is 17.5 Å². The van der Waals surface area contributed by atoms with E-state index in [1.807, 2.05) is 30.3 Å². The predicted molar refractivity (Wildman–Crippen MR) is 96.8 cm³/mol. The molecule has 0 aliphatic carbocycles. The highest BCUT2D eigenvalue weighted by molar-refractivity contribution is 5.95. The van der Waals surface area contributed by atoms with E-state index in [4.69, 9.17) is 4.74 Å². The van der Waals surface area contributed by atoms with Crippen LogP contribution in [-0.4, -0.2) is 16.0 Å². The zero-order chi connectivity index (χ0) is 18.7. The number of non-ortho nitro benzene ring substituents is 1. The van der Waals surface area contributed by atoms with Gasteiger partial charge in [-0.1, -0.05) is 43.0 Å². The number of hydrogen-bond donors (Lipinski definition) is 1. The van der Waals surface area contributed by atoms with Crippen LogP contribution in [0.5, 0.6) is 5.75 Å². The number of aliphatic hydroxyl groups is 1. The Labute approximate surface area is 149 Å². The molecule has 3 rings (SSSR count). The van der Waals surface area contributed by atoms with E-state index < -0.39 is 17.0 Å². The van der Waals surface area contributed by atoms with Crippen LogP contribution in [0.2, 0.25) is 0 Å². The molecule has 1 N–H and O–H groups in total. The number of nitrogens with zero attached hydrogens (tertiary/aromatic N) is 1. The van der Waals surface area contributed by atoms with Gasteiger partial charge in [0.2, 0.25) is 0 Å². The van der Waals surface area contributed by atoms with Crippen LogP contribution in [0.3, 0.4) is 0 Å². The Morgan fingerprint density at radius 2 is 1.69 bits per heavy atom. The summed E-state index contributed by atoms with van der Waals surface area (Å²) in [5.41, 5.74) is 0.0483. The second-order valence-electron chi connectivity index (χ2n) is 5.64. The zero-order valence-electron chi connectivity index (χ0n) is 13.7. The lowest BCUT2D eigenvalue weighted by molar-refractivity contribution is -0.384. The Hall–Kier alpha value is -3.51. The number of nitro benzene ring substituents is 1. The van der Waals surface area contributed by atoms with E-state index in [0.29, 0.717) is 11.3 Å². The summed E-state index contributed by atoms with van der Waals surface area (Å²) in [6, 6.07) is 18.0. The van der Waals surface area contributed by atoms with E-state index in [1.54, 1.807) is 12.1 Å². The first-order valence-corrected chi connectivity index (χ1v) is 7.78. The molecule has 6 heteroatoms. The van der Waals surface area contributed by atoms with Crippen molar-refractivity contribution in [1.82, 2.24) is 0 Å². The molecule has 130 valence electrons. The lowest BCUT2D eigenvalue weighted by atomic mass is 10.0. The van der Waals surface area contributed by atoms with Crippen molar-refractivity contribution in [2.24, 2.45) is 0 Å². The number of esters is 1. The molecule has 26 heavy (non-hydrogen) atoms. The molecule has 0 radical (unpaired) electrons. The molecular weight excluding hydrogens is 334 g/mol. The Morgan fingerprint density at radius 1 is 1.04 bits per heavy atom. The van der Waals surface area contributed by atoms with Crippen LogP contribution in [0.15, 0.2) is 78.9 Å². The SMILES string of the molecule is C=C(C(=O)Oc1cccc2ccccc12)[C@@H](O)c1ccc([N+](=O)[O-])cc1. The first-order valence-electron chi connectivity index (χ1n) is 7.78. The molecule has 0 unspecified atom stereocenters. The minimum Gasteiger partial charge on any atom is -0.422 e. The molecule has 0 heterocycles. The van der Waals surface area contributed by atoms with Crippen LogP contribution in [0, 0.1) is 10.1 Å². The van der Waals surface area contributed by atoms with Crippen molar-refractivity contribution in [3.8, 4) is 5.75 Å². The lowest BCUT2D eigenvalue weighted by Gasteiger charge is -2.14. The van der Waals surface area contributed by atoms with E-state index in [0.717, 1.165) is 10.8 Å². The van der Waals surface area contributed by atoms with Crippen molar-refractivity contribution < 1.29 is 19.6 Å². The molecule has 0 aliphatic heterocycles. The fourth-order valence-corrected chi connectivity index (χ4v) is 2.54. The van der Waals surface area contributed by atoms with Gasteiger partial charge in [0.25, 0.3) is 5.69 Å². The van der Waals surface area contributed by atoms with Gasteiger partial charge in [-0.3, -0.25) is 10.1 Å². The molecule has 0 fully saturated rings. The van der Waals surface area contributed by atoms with Gasteiger partial charge in [-0.05, 0) is 29.1 Å². The molecule has 0 aromatic heterocycles. The maximum Gasteiger partial charge on any atom is 0.341 e. The number of ether oxygens (including phenoxy) is 1. The molecule has 3 aromatic rings. The Bertz CT molecular complexity index is 989. The van der Waals surface area contributed by atoms with Crippen molar-refractivity contribution in [3.63, 3.8) is 0 Å². The van der Waals surface area contributed by atoms with E-state index in [2.05, 4.69) is 6.58 Å². The summed E-state index contributed by atoms with van der Waals surface area (Å²) < 4.78 is 5.39. The van der Waals surface area contributed by atoms with Gasteiger partial charge >= 0.3 is 5.97 Å². The molecule has 0 saturated heterocycles. The number of rotatable bonds is 5. The van der Waals surface area contributed by atoms with Crippen LogP contribution in [0.4, 0.5) is 5.69 Å². The Morgan fingerprint density at radius 3 is 2.38 bits per heavy atom. The number of fused-ring (bicyclic) bond motifs is 1. The first kappa shape index (κ1) is 17.3. The van der Waals surface area contributed by atoms with E-state index >= 15 is 0 Å². The van der Waals surface area contributed by atoms with Gasteiger partial charge < -0.3 is 9.84 Å². The largest absolute Gasteiger partial charge is 0.422 e. The smallest absolute Gasteiger partial charge is 0.341 e. The third-order valence-electron chi connectivity index (χ3n) is 3.96. The lowest BCUT2D eigenvalue weighted by Crippen LogP contribution is -2.16. The maximum absolute atomic E-state index is 12.4. The standard InChI is InChI=1S/C20H15NO5/c1-13(19(22)15-9-11-16(12-10-15)21(24)25)20(23)26-18-8-4-6-14-5-2-3-7-17(14)18/h2-12,19,22H,1H2/t19-/m1/s1. The fraction of sp³-hybridized carbons (Fsp3) is 0.0500. The van der Waals surface area contributed by atoms with Crippen molar-refractivity contribution in [2.45, 2.75) is 6.10 Å². The minimum absolute atomic E-state index is 0.107. The highest BCUT2D eigenvalue weighted by Crippen LogP contribution is 2.28. The maximum atomic E-state index is 12.4. The fourth-order valence-electron chi connectivity index (χ4n) is 2.54. The number of aliphatic hydroxyl groups excluding tert-OH is 1. The molecule has 6 nitrogen and oxygen atoms in total. The second kappa shape index (κ2) is 7.16. The number of nitro groups is 1. The summed E-state index contributed by atoms with van der Waals surface area (Å²) in [4.78, 5) is 22.5. The van der Waals surface area contributed by atoms with Crippen LogP contribution in [0.25, 0.3) is 10.8 Å². The van der Waals surface area contributed by atoms with E-state index in [-0.39, 0.29) is 11.3 Å². The number of carbonyl (C=O) groups excluding carboxylic acids is 1. The highest BCUT2D eigenvalue weighted by Gasteiger charge is 2.21. The molecule has 0 saturated carbocycles. The topological polar surface area (TPSA) is 89.7 Å². The van der Waals surface area contributed by atoms with Crippen LogP contribution in [0.1, 0.15) is 11.7 Å². The average molecular weight is 349 g/mol. The molecule has 0 aliphatic rings. The average Bonchev–Trinajstić information content (AvgIpc) is 2.67. The summed E-state index contributed by atoms with van der Waals surface area (Å²) in [7, 11) is 0. The number of carbonyl (C=O) groups is 1. The van der Waals surface area contributed by atoms with Crippen molar-refractivity contribution >= 4 is 22.4 Å². The van der Waals surface area contributed by atoms with Gasteiger partial charge in [0.15, 0.2) is 0 Å². The van der Waals surface area contributed by atoms with E-state index in [9.17, 15) is 20.0 Å². The normalized spacial score (nSPS) is 11.7. The van der Waals surface area contributed by atoms with Gasteiger partial charge in [-0.2, -0.15) is 0 Å². The second-order valence-corrected chi connectivity index (χ2v) is 5.64. The molecule has 0 amide bonds. The summed E-state index contributed by atoms with van der Waals surface area (Å²) >= 11 is 0. The van der Waals surface area contributed by atoms with Gasteiger partial charge in [-0.15, -0.1) is 0 Å². The first-order chi connectivity index (χ1) is 12.5. The number of benzene rings is 3. The quantitative estimate of drug-likeness (QED) is 0.248. The Kier molecular flexibility index (Phi) is 4.77. The summed E-state index contributed by atoms with van der Waals surface area (Å²) in [5.74, 6) is -0.405. The highest BCUT2D eigenvalue weighted by atomic mass is 16.6. The van der Waals surface area contributed by atoms with Crippen LogP contribution >= 0.6 is 0 Å². The van der Waals surface area contributed by atoms with Gasteiger partial charge in [0.1, 0.15) is 11.9 Å². The summed E-state index contributed by atoms with van der Waals surface area (Å²) in [5, 5.41) is 22.7. The molecular formula is C20H15NO5. The van der Waals surface area contributed by atoms with Crippen molar-refractivity contribution in [1.29, 1.82) is 0 Å². The van der Waals surface area contributed by atoms with Gasteiger partial charge in [0.05, 0.1) is 10.5 Å². The van der Waals surface area contributed by atoms with Crippen LogP contribution in [-0.2, 0) is 4.79 Å². The van der Waals surface area contributed by atoms with Crippen molar-refractivity contribution in [3.05, 3.63) is 94.6 Å². The predicted octanol–water partition coefficient (Wildman–Crippen LogP) is 3.94. The Balaban J connectivity index is 1.78. The molecule has 1 atom stereocenters. The molecule has 3 aromatic carbocycles. The van der Waals surface area contributed by atoms with E-state index in [1.165, 1.54) is 24.3 Å². The molecule has 0 spiro atoms. The third-order valence-corrected chi connectivity index (χ3v) is 3.96. The zero-order valence-corrected chi connectivity index (χ0v) is 13.7. The molecule has 0 bridgehead atoms. The monoisotopic (exact) mass is 349 g/mol.